The first-order chi connectivity index (χ1) is 8.76. The van der Waals surface area contributed by atoms with Crippen molar-refractivity contribution in [1.82, 2.24) is 0 Å². The monoisotopic (exact) mass is 244 g/mol. The summed E-state index contributed by atoms with van der Waals surface area (Å²) in [4.78, 5) is 11.6. The largest absolute Gasteiger partial charge is 0.373 e. The second kappa shape index (κ2) is 4.67. The van der Waals surface area contributed by atoms with E-state index in [1.165, 1.54) is 0 Å². The Hall–Kier alpha value is -1.45. The van der Waals surface area contributed by atoms with Crippen molar-refractivity contribution in [2.45, 2.75) is 31.2 Å². The molecule has 0 radical (unpaired) electrons. The van der Waals surface area contributed by atoms with E-state index < -0.39 is 5.60 Å². The molecule has 2 aliphatic rings. The maximum Gasteiger partial charge on any atom is 0.139 e. The molecule has 18 heavy (non-hydrogen) atoms. The van der Waals surface area contributed by atoms with Crippen LogP contribution >= 0.6 is 0 Å². The molecule has 2 aliphatic heterocycles. The van der Waals surface area contributed by atoms with Gasteiger partial charge in [-0.25, -0.2) is 0 Å². The second-order valence-corrected chi connectivity index (χ2v) is 4.98. The first-order valence-corrected chi connectivity index (χ1v) is 6.26. The molecule has 0 aromatic heterocycles. The number of carbonyl (C=O) groups excluding carboxylic acids is 1. The zero-order chi connectivity index (χ0) is 12.4. The molecule has 2 atom stereocenters. The molecule has 0 aliphatic carbocycles. The van der Waals surface area contributed by atoms with E-state index in [9.17, 15) is 4.79 Å². The highest BCUT2D eigenvalue weighted by Crippen LogP contribution is 2.34. The molecule has 94 valence electrons. The molecule has 1 fully saturated rings. The Morgan fingerprint density at radius 1 is 1.33 bits per heavy atom. The third kappa shape index (κ3) is 2.37. The summed E-state index contributed by atoms with van der Waals surface area (Å²) < 4.78 is 11.5. The number of ether oxygens (including phenoxy) is 2. The Morgan fingerprint density at radius 3 is 3.00 bits per heavy atom. The lowest BCUT2D eigenvalue weighted by Gasteiger charge is -2.32. The molecule has 0 spiro atoms. The molecule has 0 saturated carbocycles. The van der Waals surface area contributed by atoms with Gasteiger partial charge in [0.1, 0.15) is 11.4 Å². The van der Waals surface area contributed by atoms with Gasteiger partial charge in [-0.3, -0.25) is 4.79 Å². The summed E-state index contributed by atoms with van der Waals surface area (Å²) in [6.45, 7) is 0.999. The number of hydrogen-bond donors (Lipinski definition) is 0. The molecule has 1 saturated heterocycles. The molecule has 2 bridgehead atoms. The lowest BCUT2D eigenvalue weighted by Crippen LogP contribution is -2.41. The smallest absolute Gasteiger partial charge is 0.139 e. The number of carbonyl (C=O) groups is 1. The number of ketones is 1. The van der Waals surface area contributed by atoms with Crippen LogP contribution in [0.3, 0.4) is 0 Å². The summed E-state index contributed by atoms with van der Waals surface area (Å²) in [5.74, 6) is 0.263. The van der Waals surface area contributed by atoms with E-state index in [4.69, 9.17) is 9.47 Å². The average molecular weight is 244 g/mol. The van der Waals surface area contributed by atoms with Crippen molar-refractivity contribution in [3.05, 3.63) is 48.0 Å². The average Bonchev–Trinajstić information content (AvgIpc) is 2.67. The minimum atomic E-state index is -0.505. The normalized spacial score (nSPS) is 29.8. The third-order valence-electron chi connectivity index (χ3n) is 3.38. The molecular weight excluding hydrogens is 228 g/mol. The molecule has 1 aromatic rings. The number of hydrogen-bond acceptors (Lipinski definition) is 3. The van der Waals surface area contributed by atoms with Gasteiger partial charge < -0.3 is 9.47 Å². The summed E-state index contributed by atoms with van der Waals surface area (Å²) in [6, 6.07) is 10.0. The van der Waals surface area contributed by atoms with Crippen LogP contribution < -0.4 is 0 Å². The van der Waals surface area contributed by atoms with Crippen molar-refractivity contribution in [2.24, 2.45) is 0 Å². The first kappa shape index (κ1) is 11.6. The van der Waals surface area contributed by atoms with Crippen LogP contribution in [-0.4, -0.2) is 24.1 Å². The van der Waals surface area contributed by atoms with Gasteiger partial charge in [-0.1, -0.05) is 42.5 Å². The van der Waals surface area contributed by atoms with E-state index in [1.807, 2.05) is 42.5 Å². The van der Waals surface area contributed by atoms with Crippen molar-refractivity contribution in [3.8, 4) is 0 Å². The molecule has 0 amide bonds. The van der Waals surface area contributed by atoms with Crippen LogP contribution in [-0.2, 0) is 20.9 Å². The topological polar surface area (TPSA) is 35.5 Å². The molecule has 3 rings (SSSR count). The van der Waals surface area contributed by atoms with E-state index in [0.29, 0.717) is 26.1 Å². The predicted molar refractivity (Wildman–Crippen MR) is 67.1 cm³/mol. The van der Waals surface area contributed by atoms with Gasteiger partial charge in [0, 0.05) is 12.8 Å². The summed E-state index contributed by atoms with van der Waals surface area (Å²) in [6.07, 6.45) is 4.89. The fourth-order valence-corrected chi connectivity index (χ4v) is 2.55. The van der Waals surface area contributed by atoms with E-state index in [0.717, 1.165) is 5.56 Å². The lowest BCUT2D eigenvalue weighted by atomic mass is 9.96. The minimum absolute atomic E-state index is 0.0356. The Morgan fingerprint density at radius 2 is 2.17 bits per heavy atom. The minimum Gasteiger partial charge on any atom is -0.373 e. The van der Waals surface area contributed by atoms with Crippen LogP contribution in [0.2, 0.25) is 0 Å². The second-order valence-electron chi connectivity index (χ2n) is 4.98. The quantitative estimate of drug-likeness (QED) is 0.762. The molecule has 3 heteroatoms. The van der Waals surface area contributed by atoms with Crippen LogP contribution in [0.5, 0.6) is 0 Å². The zero-order valence-electron chi connectivity index (χ0n) is 10.2. The maximum absolute atomic E-state index is 11.6. The third-order valence-corrected chi connectivity index (χ3v) is 3.38. The van der Waals surface area contributed by atoms with Crippen molar-refractivity contribution in [1.29, 1.82) is 0 Å². The molecule has 2 unspecified atom stereocenters. The summed E-state index contributed by atoms with van der Waals surface area (Å²) in [7, 11) is 0. The van der Waals surface area contributed by atoms with Gasteiger partial charge >= 0.3 is 0 Å². The highest BCUT2D eigenvalue weighted by atomic mass is 16.6. The standard InChI is InChI=1S/C15H16O3/c16-13-8-14-6-7-15(9-13,18-14)11-17-10-12-4-2-1-3-5-12/h1-7,14H,8-11H2. The van der Waals surface area contributed by atoms with Gasteiger partial charge in [0.25, 0.3) is 0 Å². The molecule has 0 N–H and O–H groups in total. The van der Waals surface area contributed by atoms with Crippen molar-refractivity contribution in [2.75, 3.05) is 6.61 Å². The van der Waals surface area contributed by atoms with Crippen LogP contribution in [0.4, 0.5) is 0 Å². The van der Waals surface area contributed by atoms with E-state index in [1.54, 1.807) is 0 Å². The van der Waals surface area contributed by atoms with E-state index in [2.05, 4.69) is 0 Å². The highest BCUT2D eigenvalue weighted by Gasteiger charge is 2.42. The summed E-state index contributed by atoms with van der Waals surface area (Å²) >= 11 is 0. The van der Waals surface area contributed by atoms with Crippen molar-refractivity contribution < 1.29 is 14.3 Å². The van der Waals surface area contributed by atoms with Crippen molar-refractivity contribution >= 4 is 5.78 Å². The van der Waals surface area contributed by atoms with Crippen LogP contribution in [0.25, 0.3) is 0 Å². The Balaban J connectivity index is 1.57. The highest BCUT2D eigenvalue weighted by molar-refractivity contribution is 5.82. The van der Waals surface area contributed by atoms with Gasteiger partial charge in [-0.2, -0.15) is 0 Å². The number of fused-ring (bicyclic) bond motifs is 2. The Kier molecular flexibility index (Phi) is 3.02. The number of benzene rings is 1. The fourth-order valence-electron chi connectivity index (χ4n) is 2.55. The van der Waals surface area contributed by atoms with Gasteiger partial charge in [0.05, 0.1) is 19.3 Å². The van der Waals surface area contributed by atoms with Gasteiger partial charge in [0.15, 0.2) is 0 Å². The fraction of sp³-hybridized carbons (Fsp3) is 0.400. The maximum atomic E-state index is 11.6. The first-order valence-electron chi connectivity index (χ1n) is 6.26. The molecule has 1 aromatic carbocycles. The summed E-state index contributed by atoms with van der Waals surface area (Å²) in [5, 5.41) is 0. The SMILES string of the molecule is O=C1CC2C=CC(COCc3ccccc3)(C1)O2. The van der Waals surface area contributed by atoms with Gasteiger partial charge in [-0.05, 0) is 5.56 Å². The zero-order valence-corrected chi connectivity index (χ0v) is 10.2. The lowest BCUT2D eigenvalue weighted by molar-refractivity contribution is -0.145. The summed E-state index contributed by atoms with van der Waals surface area (Å²) in [5.41, 5.74) is 0.629. The van der Waals surface area contributed by atoms with Crippen LogP contribution in [0.1, 0.15) is 18.4 Å². The molecule has 3 nitrogen and oxygen atoms in total. The van der Waals surface area contributed by atoms with Gasteiger partial charge in [0.2, 0.25) is 0 Å². The van der Waals surface area contributed by atoms with Gasteiger partial charge in [-0.15, -0.1) is 0 Å². The van der Waals surface area contributed by atoms with Crippen molar-refractivity contribution in [3.63, 3.8) is 0 Å². The molecule has 2 heterocycles. The Labute approximate surface area is 106 Å². The van der Waals surface area contributed by atoms with Crippen LogP contribution in [0, 0.1) is 0 Å². The number of rotatable bonds is 4. The Bertz CT molecular complexity index is 466. The number of Topliss-reactive ketones (excluding diaryl/α,β-unsaturated/α-hetero) is 1. The van der Waals surface area contributed by atoms with E-state index >= 15 is 0 Å². The molecular formula is C15H16O3. The predicted octanol–water partition coefficient (Wildman–Crippen LogP) is 2.26. The van der Waals surface area contributed by atoms with Crippen LogP contribution in [0.15, 0.2) is 42.5 Å². The van der Waals surface area contributed by atoms with E-state index in [-0.39, 0.29) is 11.9 Å².